The number of rotatable bonds is 30. The molecule has 2 heteroatoms. The highest BCUT2D eigenvalue weighted by Crippen LogP contribution is 2.16. The van der Waals surface area contributed by atoms with E-state index in [1.54, 1.807) is 0 Å². The SMILES string of the molecule is CCCCCCCCCCCCCCCCCCC=C(C)C(=O)OC(C)CCCCCCCCCCCC. The average molecular weight is 535 g/mol. The van der Waals surface area contributed by atoms with E-state index >= 15 is 0 Å². The normalized spacial score (nSPS) is 12.7. The van der Waals surface area contributed by atoms with Gasteiger partial charge in [0, 0.05) is 5.57 Å². The van der Waals surface area contributed by atoms with E-state index in [1.807, 2.05) is 6.92 Å². The molecule has 0 radical (unpaired) electrons. The molecule has 1 atom stereocenters. The van der Waals surface area contributed by atoms with Crippen LogP contribution in [0.1, 0.15) is 207 Å². The van der Waals surface area contributed by atoms with Gasteiger partial charge in [0.15, 0.2) is 0 Å². The van der Waals surface area contributed by atoms with Crippen LogP contribution in [-0.4, -0.2) is 12.1 Å². The number of allylic oxidation sites excluding steroid dienone is 1. The highest BCUT2D eigenvalue weighted by molar-refractivity contribution is 5.87. The molecule has 0 aliphatic heterocycles. The van der Waals surface area contributed by atoms with Gasteiger partial charge in [-0.25, -0.2) is 4.79 Å². The zero-order valence-electron chi connectivity index (χ0n) is 26.8. The number of carbonyl (C=O) groups excluding carboxylic acids is 1. The van der Waals surface area contributed by atoms with E-state index in [-0.39, 0.29) is 12.1 Å². The molecule has 0 amide bonds. The van der Waals surface area contributed by atoms with Crippen molar-refractivity contribution in [3.63, 3.8) is 0 Å². The summed E-state index contributed by atoms with van der Waals surface area (Å²) >= 11 is 0. The van der Waals surface area contributed by atoms with Crippen molar-refractivity contribution in [2.45, 2.75) is 214 Å². The van der Waals surface area contributed by atoms with Gasteiger partial charge in [0.1, 0.15) is 0 Å². The molecule has 0 aromatic heterocycles. The quantitative estimate of drug-likeness (QED) is 0.0520. The van der Waals surface area contributed by atoms with E-state index in [0.29, 0.717) is 0 Å². The summed E-state index contributed by atoms with van der Waals surface area (Å²) in [5, 5.41) is 0. The Balaban J connectivity index is 3.48. The van der Waals surface area contributed by atoms with E-state index in [4.69, 9.17) is 4.74 Å². The summed E-state index contributed by atoms with van der Waals surface area (Å²) in [5.41, 5.74) is 0.792. The summed E-state index contributed by atoms with van der Waals surface area (Å²) in [6.45, 7) is 8.54. The largest absolute Gasteiger partial charge is 0.459 e. The van der Waals surface area contributed by atoms with Gasteiger partial charge in [0.2, 0.25) is 0 Å². The fourth-order valence-corrected chi connectivity index (χ4v) is 5.35. The zero-order valence-corrected chi connectivity index (χ0v) is 26.8. The van der Waals surface area contributed by atoms with Crippen LogP contribution < -0.4 is 0 Å². The topological polar surface area (TPSA) is 26.3 Å². The van der Waals surface area contributed by atoms with Crippen molar-refractivity contribution >= 4 is 5.97 Å². The Labute approximate surface area is 240 Å². The van der Waals surface area contributed by atoms with Crippen molar-refractivity contribution < 1.29 is 9.53 Å². The van der Waals surface area contributed by atoms with Gasteiger partial charge < -0.3 is 4.74 Å². The molecule has 0 saturated heterocycles. The number of hydrogen-bond donors (Lipinski definition) is 0. The maximum absolute atomic E-state index is 12.3. The molecule has 0 fully saturated rings. The first-order chi connectivity index (χ1) is 18.6. The Morgan fingerprint density at radius 2 is 0.842 bits per heavy atom. The van der Waals surface area contributed by atoms with E-state index in [2.05, 4.69) is 26.8 Å². The molecule has 0 spiro atoms. The van der Waals surface area contributed by atoms with Gasteiger partial charge in [-0.3, -0.25) is 0 Å². The minimum absolute atomic E-state index is 0.0374. The van der Waals surface area contributed by atoms with Crippen LogP contribution in [-0.2, 0) is 9.53 Å². The minimum atomic E-state index is -0.110. The smallest absolute Gasteiger partial charge is 0.333 e. The summed E-state index contributed by atoms with van der Waals surface area (Å²) in [4.78, 5) is 12.3. The van der Waals surface area contributed by atoms with Crippen LogP contribution in [0.5, 0.6) is 0 Å². The molecule has 0 aliphatic carbocycles. The van der Waals surface area contributed by atoms with Crippen LogP contribution in [0.15, 0.2) is 11.6 Å². The van der Waals surface area contributed by atoms with Crippen LogP contribution in [0.25, 0.3) is 0 Å². The van der Waals surface area contributed by atoms with Gasteiger partial charge >= 0.3 is 5.97 Å². The minimum Gasteiger partial charge on any atom is -0.459 e. The van der Waals surface area contributed by atoms with Crippen LogP contribution in [0.4, 0.5) is 0 Å². The van der Waals surface area contributed by atoms with Crippen molar-refractivity contribution in [2.75, 3.05) is 0 Å². The Morgan fingerprint density at radius 1 is 0.526 bits per heavy atom. The maximum Gasteiger partial charge on any atom is 0.333 e. The molecule has 0 aromatic carbocycles. The highest BCUT2D eigenvalue weighted by atomic mass is 16.5. The van der Waals surface area contributed by atoms with E-state index in [1.165, 1.54) is 167 Å². The zero-order chi connectivity index (χ0) is 27.9. The molecule has 38 heavy (non-hydrogen) atoms. The predicted molar refractivity (Wildman–Crippen MR) is 170 cm³/mol. The van der Waals surface area contributed by atoms with Gasteiger partial charge in [0.25, 0.3) is 0 Å². The first-order valence-electron chi connectivity index (χ1n) is 17.5. The molecule has 0 rings (SSSR count). The summed E-state index contributed by atoms with van der Waals surface area (Å²) in [6, 6.07) is 0. The molecule has 0 aromatic rings. The second-order valence-electron chi connectivity index (χ2n) is 12.2. The molecule has 226 valence electrons. The van der Waals surface area contributed by atoms with Crippen LogP contribution >= 0.6 is 0 Å². The lowest BCUT2D eigenvalue weighted by atomic mass is 10.0. The molecule has 0 saturated carbocycles. The molecule has 1 unspecified atom stereocenters. The lowest BCUT2D eigenvalue weighted by molar-refractivity contribution is -0.143. The molecule has 0 bridgehead atoms. The van der Waals surface area contributed by atoms with Crippen LogP contribution in [0.3, 0.4) is 0 Å². The molecule has 2 nitrogen and oxygen atoms in total. The summed E-state index contributed by atoms with van der Waals surface area (Å²) in [6.07, 6.45) is 39.9. The van der Waals surface area contributed by atoms with E-state index < -0.39 is 0 Å². The van der Waals surface area contributed by atoms with Crippen molar-refractivity contribution in [2.24, 2.45) is 0 Å². The molecule has 0 heterocycles. The molecule has 0 N–H and O–H groups in total. The molecular formula is C36H70O2. The van der Waals surface area contributed by atoms with E-state index in [9.17, 15) is 4.79 Å². The number of carbonyl (C=O) groups is 1. The van der Waals surface area contributed by atoms with Crippen molar-refractivity contribution in [3.8, 4) is 0 Å². The average Bonchev–Trinajstić information content (AvgIpc) is 2.91. The maximum atomic E-state index is 12.3. The Bertz CT molecular complexity index is 509. The molecule has 0 aliphatic rings. The van der Waals surface area contributed by atoms with E-state index in [0.717, 1.165) is 18.4 Å². The van der Waals surface area contributed by atoms with Crippen molar-refractivity contribution in [3.05, 3.63) is 11.6 Å². The van der Waals surface area contributed by atoms with Crippen LogP contribution in [0, 0.1) is 0 Å². The third kappa shape index (κ3) is 28.2. The van der Waals surface area contributed by atoms with Gasteiger partial charge in [-0.1, -0.05) is 174 Å². The second kappa shape index (κ2) is 30.7. The Morgan fingerprint density at radius 3 is 1.21 bits per heavy atom. The lowest BCUT2D eigenvalue weighted by Gasteiger charge is -2.13. The third-order valence-electron chi connectivity index (χ3n) is 8.10. The fraction of sp³-hybridized carbons (Fsp3) is 0.917. The summed E-state index contributed by atoms with van der Waals surface area (Å²) in [5.74, 6) is -0.110. The number of esters is 1. The Kier molecular flexibility index (Phi) is 30.1. The number of ether oxygens (including phenoxy) is 1. The third-order valence-corrected chi connectivity index (χ3v) is 8.10. The number of unbranched alkanes of at least 4 members (excludes halogenated alkanes) is 25. The second-order valence-corrected chi connectivity index (χ2v) is 12.2. The Hall–Kier alpha value is -0.790. The summed E-state index contributed by atoms with van der Waals surface area (Å²) < 4.78 is 5.67. The van der Waals surface area contributed by atoms with Crippen LogP contribution in [0.2, 0.25) is 0 Å². The van der Waals surface area contributed by atoms with Crippen molar-refractivity contribution in [1.82, 2.24) is 0 Å². The van der Waals surface area contributed by atoms with Crippen molar-refractivity contribution in [1.29, 1.82) is 0 Å². The first kappa shape index (κ1) is 37.2. The molecular weight excluding hydrogens is 464 g/mol. The lowest BCUT2D eigenvalue weighted by Crippen LogP contribution is -2.15. The summed E-state index contributed by atoms with van der Waals surface area (Å²) in [7, 11) is 0. The highest BCUT2D eigenvalue weighted by Gasteiger charge is 2.11. The van der Waals surface area contributed by atoms with Gasteiger partial charge in [-0.2, -0.15) is 0 Å². The van der Waals surface area contributed by atoms with Gasteiger partial charge in [0.05, 0.1) is 6.10 Å². The fourth-order valence-electron chi connectivity index (χ4n) is 5.35. The van der Waals surface area contributed by atoms with Gasteiger partial charge in [-0.15, -0.1) is 0 Å². The number of hydrogen-bond acceptors (Lipinski definition) is 2. The van der Waals surface area contributed by atoms with Gasteiger partial charge in [-0.05, 0) is 39.5 Å². The first-order valence-corrected chi connectivity index (χ1v) is 17.5. The standard InChI is InChI=1S/C36H70O2/c1-5-7-9-11-13-15-17-18-19-20-21-22-23-24-26-28-30-32-34(3)36(37)38-35(4)33-31-29-27-25-16-14-12-10-8-6-2/h32,35H,5-31,33H2,1-4H3. The monoisotopic (exact) mass is 535 g/mol. The predicted octanol–water partition coefficient (Wildman–Crippen LogP) is 12.8.